The van der Waals surface area contributed by atoms with Gasteiger partial charge in [0.05, 0.1) is 18.4 Å². The summed E-state index contributed by atoms with van der Waals surface area (Å²) in [6.07, 6.45) is 6.79. The van der Waals surface area contributed by atoms with Crippen molar-refractivity contribution in [2.45, 2.75) is 31.6 Å². The molecule has 2 aromatic rings. The van der Waals surface area contributed by atoms with Crippen molar-refractivity contribution >= 4 is 24.8 Å². The van der Waals surface area contributed by atoms with E-state index in [-0.39, 0.29) is 5.97 Å². The van der Waals surface area contributed by atoms with E-state index in [0.29, 0.717) is 47.1 Å². The number of rotatable bonds is 7. The van der Waals surface area contributed by atoms with Gasteiger partial charge in [-0.1, -0.05) is 0 Å². The SMILES string of the molecule is COC1=CC=C(C(=O)Oc2ccc(OC(=O)c3ccc(OS)cc3)cc2C2CC2)CC1. The van der Waals surface area contributed by atoms with E-state index in [9.17, 15) is 9.59 Å². The Morgan fingerprint density at radius 2 is 1.65 bits per heavy atom. The summed E-state index contributed by atoms with van der Waals surface area (Å²) in [5.74, 6) is 1.73. The van der Waals surface area contributed by atoms with Gasteiger partial charge < -0.3 is 18.4 Å². The Hall–Kier alpha value is -3.19. The van der Waals surface area contributed by atoms with E-state index in [1.54, 1.807) is 61.7 Å². The van der Waals surface area contributed by atoms with Crippen LogP contribution in [0.25, 0.3) is 0 Å². The van der Waals surface area contributed by atoms with E-state index in [2.05, 4.69) is 12.9 Å². The van der Waals surface area contributed by atoms with E-state index in [1.165, 1.54) is 0 Å². The third kappa shape index (κ3) is 5.11. The quantitative estimate of drug-likeness (QED) is 0.279. The minimum atomic E-state index is -0.481. The van der Waals surface area contributed by atoms with Crippen molar-refractivity contribution in [1.82, 2.24) is 0 Å². The molecule has 160 valence electrons. The number of hydrogen-bond acceptors (Lipinski definition) is 7. The molecule has 0 atom stereocenters. The zero-order chi connectivity index (χ0) is 21.8. The molecule has 0 unspecified atom stereocenters. The third-order valence-corrected chi connectivity index (χ3v) is 5.45. The molecule has 0 amide bonds. The Morgan fingerprint density at radius 1 is 0.903 bits per heavy atom. The summed E-state index contributed by atoms with van der Waals surface area (Å²) in [5.41, 5.74) is 1.87. The molecule has 0 bridgehead atoms. The molecule has 0 radical (unpaired) electrons. The fourth-order valence-corrected chi connectivity index (χ4v) is 3.46. The second kappa shape index (κ2) is 9.31. The van der Waals surface area contributed by atoms with E-state index < -0.39 is 5.97 Å². The number of carbonyl (C=O) groups excluding carboxylic acids is 2. The van der Waals surface area contributed by atoms with Gasteiger partial charge in [0, 0.05) is 30.5 Å². The fraction of sp³-hybridized carbons (Fsp3) is 0.250. The van der Waals surface area contributed by atoms with Crippen LogP contribution in [0.2, 0.25) is 0 Å². The lowest BCUT2D eigenvalue weighted by atomic mass is 10.0. The molecule has 6 nitrogen and oxygen atoms in total. The first-order valence-corrected chi connectivity index (χ1v) is 10.4. The summed E-state index contributed by atoms with van der Waals surface area (Å²) in [6, 6.07) is 11.6. The number of methoxy groups -OCH3 is 1. The zero-order valence-corrected chi connectivity index (χ0v) is 17.9. The van der Waals surface area contributed by atoms with Crippen molar-refractivity contribution in [3.8, 4) is 17.2 Å². The maximum absolute atomic E-state index is 12.6. The number of ether oxygens (including phenoxy) is 3. The van der Waals surface area contributed by atoms with Gasteiger partial charge in [0.1, 0.15) is 17.2 Å². The smallest absolute Gasteiger partial charge is 0.343 e. The molecule has 2 aliphatic carbocycles. The summed E-state index contributed by atoms with van der Waals surface area (Å²) < 4.78 is 21.2. The average Bonchev–Trinajstić information content (AvgIpc) is 3.65. The molecule has 1 fully saturated rings. The highest BCUT2D eigenvalue weighted by Gasteiger charge is 2.29. The van der Waals surface area contributed by atoms with Gasteiger partial charge in [-0.05, 0) is 79.8 Å². The van der Waals surface area contributed by atoms with Crippen LogP contribution in [0.3, 0.4) is 0 Å². The van der Waals surface area contributed by atoms with Gasteiger partial charge in [-0.3, -0.25) is 0 Å². The van der Waals surface area contributed by atoms with Crippen LogP contribution in [-0.4, -0.2) is 19.0 Å². The monoisotopic (exact) mass is 438 g/mol. The first-order valence-electron chi connectivity index (χ1n) is 10.0. The first kappa shape index (κ1) is 21.1. The lowest BCUT2D eigenvalue weighted by Crippen LogP contribution is -2.14. The van der Waals surface area contributed by atoms with E-state index in [1.807, 2.05) is 0 Å². The van der Waals surface area contributed by atoms with Crippen LogP contribution < -0.4 is 13.7 Å². The molecule has 7 heteroatoms. The molecule has 2 aliphatic rings. The first-order chi connectivity index (χ1) is 15.1. The molecule has 0 aliphatic heterocycles. The molecule has 2 aromatic carbocycles. The highest BCUT2D eigenvalue weighted by Crippen LogP contribution is 2.45. The maximum atomic E-state index is 12.6. The zero-order valence-electron chi connectivity index (χ0n) is 17.0. The Balaban J connectivity index is 1.48. The van der Waals surface area contributed by atoms with Crippen LogP contribution in [0.4, 0.5) is 0 Å². The van der Waals surface area contributed by atoms with Gasteiger partial charge in [-0.15, -0.1) is 0 Å². The summed E-state index contributed by atoms with van der Waals surface area (Å²) in [5, 5.41) is 0. The lowest BCUT2D eigenvalue weighted by molar-refractivity contribution is -0.130. The van der Waals surface area contributed by atoms with Crippen LogP contribution in [0.15, 0.2) is 65.9 Å². The molecule has 0 heterocycles. The maximum Gasteiger partial charge on any atom is 0.343 e. The molecule has 1 saturated carbocycles. The van der Waals surface area contributed by atoms with E-state index >= 15 is 0 Å². The summed E-state index contributed by atoms with van der Waals surface area (Å²) >= 11 is 3.72. The van der Waals surface area contributed by atoms with Crippen LogP contribution in [0, 0.1) is 0 Å². The van der Waals surface area contributed by atoms with Crippen molar-refractivity contribution < 1.29 is 28.0 Å². The number of carbonyl (C=O) groups is 2. The van der Waals surface area contributed by atoms with Crippen LogP contribution >= 0.6 is 12.9 Å². The number of thiol groups is 1. The predicted molar refractivity (Wildman–Crippen MR) is 117 cm³/mol. The van der Waals surface area contributed by atoms with Crippen molar-refractivity contribution in [3.05, 3.63) is 77.1 Å². The Morgan fingerprint density at radius 3 is 2.26 bits per heavy atom. The molecular weight excluding hydrogens is 416 g/mol. The van der Waals surface area contributed by atoms with Crippen molar-refractivity contribution in [3.63, 3.8) is 0 Å². The number of benzene rings is 2. The second-order valence-corrected chi connectivity index (χ2v) is 7.58. The summed E-state index contributed by atoms with van der Waals surface area (Å²) in [6.45, 7) is 0. The predicted octanol–water partition coefficient (Wildman–Crippen LogP) is 5.16. The normalized spacial score (nSPS) is 15.4. The number of allylic oxidation sites excluding steroid dienone is 3. The van der Waals surface area contributed by atoms with E-state index in [0.717, 1.165) is 24.2 Å². The molecular formula is C24H22O6S. The lowest BCUT2D eigenvalue weighted by Gasteiger charge is -2.15. The van der Waals surface area contributed by atoms with Gasteiger partial charge in [0.25, 0.3) is 0 Å². The van der Waals surface area contributed by atoms with Crippen LogP contribution in [-0.2, 0) is 9.53 Å². The number of esters is 2. The van der Waals surface area contributed by atoms with E-state index in [4.69, 9.17) is 18.4 Å². The molecule has 4 rings (SSSR count). The van der Waals surface area contributed by atoms with Gasteiger partial charge in [0.15, 0.2) is 0 Å². The highest BCUT2D eigenvalue weighted by molar-refractivity contribution is 7.75. The largest absolute Gasteiger partial charge is 0.501 e. The summed E-state index contributed by atoms with van der Waals surface area (Å²) in [4.78, 5) is 25.0. The third-order valence-electron chi connectivity index (χ3n) is 5.24. The van der Waals surface area contributed by atoms with Crippen molar-refractivity contribution in [1.29, 1.82) is 0 Å². The topological polar surface area (TPSA) is 71.1 Å². The number of hydrogen-bond donors (Lipinski definition) is 1. The van der Waals surface area contributed by atoms with Gasteiger partial charge in [-0.2, -0.15) is 0 Å². The molecule has 0 spiro atoms. The Labute approximate surface area is 186 Å². The average molecular weight is 439 g/mol. The van der Waals surface area contributed by atoms with Crippen molar-refractivity contribution in [2.75, 3.05) is 7.11 Å². The highest BCUT2D eigenvalue weighted by atomic mass is 32.1. The van der Waals surface area contributed by atoms with Gasteiger partial charge >= 0.3 is 11.9 Å². The molecule has 0 aromatic heterocycles. The standard InChI is InChI=1S/C24H22O6S/c1-27-18-8-4-17(5-9-18)24(26)29-22-13-12-20(14-21(22)15-2-3-15)28-23(25)16-6-10-19(30-31)11-7-16/h4,6-8,10-15,31H,2-3,5,9H2,1H3. The van der Waals surface area contributed by atoms with Crippen LogP contribution in [0.5, 0.6) is 17.2 Å². The minimum Gasteiger partial charge on any atom is -0.501 e. The van der Waals surface area contributed by atoms with Gasteiger partial charge in [0.2, 0.25) is 0 Å². The van der Waals surface area contributed by atoms with Crippen LogP contribution in [0.1, 0.15) is 47.5 Å². The summed E-state index contributed by atoms with van der Waals surface area (Å²) in [7, 11) is 1.62. The van der Waals surface area contributed by atoms with Gasteiger partial charge in [-0.25, -0.2) is 9.59 Å². The molecule has 31 heavy (non-hydrogen) atoms. The fourth-order valence-electron chi connectivity index (χ4n) is 3.34. The Kier molecular flexibility index (Phi) is 6.32. The molecule has 0 saturated heterocycles. The minimum absolute atomic E-state index is 0.300. The Bertz CT molecular complexity index is 1050. The van der Waals surface area contributed by atoms with Crippen molar-refractivity contribution in [2.24, 2.45) is 0 Å². The second-order valence-electron chi connectivity index (χ2n) is 7.40. The molecule has 0 N–H and O–H groups in total.